The molecular formula is C27H30ClN7O2. The van der Waals surface area contributed by atoms with E-state index < -0.39 is 11.9 Å². The van der Waals surface area contributed by atoms with Gasteiger partial charge in [-0.05, 0) is 37.2 Å². The van der Waals surface area contributed by atoms with Crippen LogP contribution in [0.5, 0.6) is 0 Å². The van der Waals surface area contributed by atoms with E-state index >= 15 is 0 Å². The van der Waals surface area contributed by atoms with Gasteiger partial charge in [0.1, 0.15) is 0 Å². The number of aromatic nitrogens is 3. The van der Waals surface area contributed by atoms with E-state index in [0.29, 0.717) is 16.9 Å². The van der Waals surface area contributed by atoms with Crippen LogP contribution in [0.15, 0.2) is 60.8 Å². The quantitative estimate of drug-likeness (QED) is 0.422. The zero-order chi connectivity index (χ0) is 25.2. The molecule has 3 amide bonds. The minimum atomic E-state index is -0.599. The van der Waals surface area contributed by atoms with Crippen molar-refractivity contribution < 1.29 is 9.59 Å². The molecule has 0 aliphatic carbocycles. The zero-order valence-corrected chi connectivity index (χ0v) is 21.9. The van der Waals surface area contributed by atoms with Crippen LogP contribution < -0.4 is 15.5 Å². The predicted molar refractivity (Wildman–Crippen MR) is 149 cm³/mol. The van der Waals surface area contributed by atoms with Crippen LogP contribution in [0.3, 0.4) is 0 Å². The molecule has 1 aliphatic heterocycles. The fourth-order valence-corrected chi connectivity index (χ4v) is 4.66. The third kappa shape index (κ3) is 5.42. The summed E-state index contributed by atoms with van der Waals surface area (Å²) in [6, 6.07) is 16.8. The van der Waals surface area contributed by atoms with Crippen LogP contribution in [-0.4, -0.2) is 64.8 Å². The summed E-state index contributed by atoms with van der Waals surface area (Å²) in [5.41, 5.74) is 5.24. The molecule has 1 fully saturated rings. The number of fused-ring (bicyclic) bond motifs is 1. The third-order valence-electron chi connectivity index (χ3n) is 6.52. The Balaban J connectivity index is 0.00000320. The number of carbonyl (C=O) groups is 2. The van der Waals surface area contributed by atoms with Gasteiger partial charge >= 0.3 is 6.03 Å². The number of halogens is 1. The maximum Gasteiger partial charge on any atom is 0.326 e. The number of piperazine rings is 1. The van der Waals surface area contributed by atoms with Crippen molar-refractivity contribution in [1.29, 1.82) is 0 Å². The molecule has 0 bridgehead atoms. The van der Waals surface area contributed by atoms with Crippen molar-refractivity contribution >= 4 is 46.8 Å². The molecule has 0 atom stereocenters. The Kier molecular flexibility index (Phi) is 7.75. The molecule has 10 heteroatoms. The van der Waals surface area contributed by atoms with Crippen LogP contribution in [0.25, 0.3) is 22.2 Å². The maximum absolute atomic E-state index is 13.3. The second-order valence-corrected chi connectivity index (χ2v) is 9.07. The molecule has 2 aromatic heterocycles. The van der Waals surface area contributed by atoms with Crippen molar-refractivity contribution in [1.82, 2.24) is 25.0 Å². The highest BCUT2D eigenvalue weighted by Crippen LogP contribution is 2.32. The molecule has 4 aromatic rings. The van der Waals surface area contributed by atoms with E-state index in [9.17, 15) is 9.59 Å². The number of nitrogens with one attached hydrogen (secondary N) is 2. The second-order valence-electron chi connectivity index (χ2n) is 9.07. The number of aryl methyl sites for hydroxylation is 2. The Hall–Kier alpha value is -3.95. The van der Waals surface area contributed by atoms with Gasteiger partial charge in [-0.25, -0.2) is 9.78 Å². The summed E-state index contributed by atoms with van der Waals surface area (Å²) >= 11 is 0. The highest BCUT2D eigenvalue weighted by atomic mass is 35.5. The number of anilines is 2. The molecule has 0 spiro atoms. The molecule has 5 rings (SSSR count). The van der Waals surface area contributed by atoms with Gasteiger partial charge in [0, 0.05) is 45.1 Å². The number of pyridine rings is 1. The van der Waals surface area contributed by atoms with Gasteiger partial charge in [-0.1, -0.05) is 42.5 Å². The lowest BCUT2D eigenvalue weighted by molar-refractivity contribution is 0.0967. The number of rotatable bonds is 4. The summed E-state index contributed by atoms with van der Waals surface area (Å²) in [7, 11) is 3.92. The Morgan fingerprint density at radius 1 is 0.919 bits per heavy atom. The van der Waals surface area contributed by atoms with Crippen LogP contribution in [0, 0.1) is 6.92 Å². The summed E-state index contributed by atoms with van der Waals surface area (Å²) in [5, 5.41) is 10.6. The summed E-state index contributed by atoms with van der Waals surface area (Å²) in [6.07, 6.45) is 1.54. The Morgan fingerprint density at radius 3 is 2.35 bits per heavy atom. The van der Waals surface area contributed by atoms with E-state index in [4.69, 9.17) is 0 Å². The van der Waals surface area contributed by atoms with E-state index in [1.54, 1.807) is 10.7 Å². The van der Waals surface area contributed by atoms with Gasteiger partial charge in [-0.15, -0.1) is 12.4 Å². The number of amides is 3. The average molecular weight is 520 g/mol. The fraction of sp³-hybridized carbons (Fsp3) is 0.259. The molecule has 2 aromatic carbocycles. The summed E-state index contributed by atoms with van der Waals surface area (Å²) in [6.45, 7) is 5.20. The minimum absolute atomic E-state index is 0. The molecular weight excluding hydrogens is 490 g/mol. The first kappa shape index (κ1) is 26.1. The molecule has 1 saturated heterocycles. The standard InChI is InChI=1S/C27H29N7O2.ClH/c1-18-23-24(34-14-12-32(2)13-15-34)22(17-28-25(23)33(3)31-18)26(35)30-27(36)29-21-11-7-10-20(16-21)19-8-5-4-6-9-19;/h4-11,16-17H,12-15H2,1-3H3,(H2,29,30,35,36);1H. The number of carbonyl (C=O) groups excluding carboxylic acids is 2. The first-order valence-electron chi connectivity index (χ1n) is 11.9. The van der Waals surface area contributed by atoms with E-state index in [1.165, 1.54) is 6.20 Å². The summed E-state index contributed by atoms with van der Waals surface area (Å²) < 4.78 is 1.72. The largest absolute Gasteiger partial charge is 0.368 e. The highest BCUT2D eigenvalue weighted by molar-refractivity contribution is 6.13. The van der Waals surface area contributed by atoms with Gasteiger partial charge < -0.3 is 15.1 Å². The van der Waals surface area contributed by atoms with E-state index in [1.807, 2.05) is 62.5 Å². The van der Waals surface area contributed by atoms with E-state index in [-0.39, 0.29) is 12.4 Å². The monoisotopic (exact) mass is 519 g/mol. The predicted octanol–water partition coefficient (Wildman–Crippen LogP) is 4.08. The summed E-state index contributed by atoms with van der Waals surface area (Å²) in [4.78, 5) is 35.1. The number of nitrogens with zero attached hydrogens (tertiary/aromatic N) is 5. The molecule has 9 nitrogen and oxygen atoms in total. The van der Waals surface area contributed by atoms with Crippen molar-refractivity contribution in [2.24, 2.45) is 7.05 Å². The normalized spacial score (nSPS) is 13.8. The maximum atomic E-state index is 13.3. The number of urea groups is 1. The van der Waals surface area contributed by atoms with E-state index in [2.05, 4.69) is 37.6 Å². The van der Waals surface area contributed by atoms with Gasteiger partial charge in [-0.2, -0.15) is 5.10 Å². The molecule has 37 heavy (non-hydrogen) atoms. The lowest BCUT2D eigenvalue weighted by Gasteiger charge is -2.35. The van der Waals surface area contributed by atoms with Crippen molar-refractivity contribution in [3.05, 3.63) is 72.1 Å². The highest BCUT2D eigenvalue weighted by Gasteiger charge is 2.26. The van der Waals surface area contributed by atoms with Crippen LogP contribution >= 0.6 is 12.4 Å². The average Bonchev–Trinajstić information content (AvgIpc) is 3.18. The Labute approximate surface area is 221 Å². The Morgan fingerprint density at radius 2 is 1.62 bits per heavy atom. The van der Waals surface area contributed by atoms with Crippen molar-refractivity contribution in [2.45, 2.75) is 6.92 Å². The fourth-order valence-electron chi connectivity index (χ4n) is 4.66. The number of likely N-dealkylation sites (N-methyl/N-ethyl adjacent to an activating group) is 1. The third-order valence-corrected chi connectivity index (χ3v) is 6.52. The number of hydrogen-bond acceptors (Lipinski definition) is 6. The lowest BCUT2D eigenvalue weighted by atomic mass is 10.1. The van der Waals surface area contributed by atoms with Crippen LogP contribution in [0.2, 0.25) is 0 Å². The van der Waals surface area contributed by atoms with Crippen LogP contribution in [-0.2, 0) is 7.05 Å². The molecule has 0 radical (unpaired) electrons. The second kappa shape index (κ2) is 11.0. The van der Waals surface area contributed by atoms with Gasteiger partial charge in [0.05, 0.1) is 22.3 Å². The first-order chi connectivity index (χ1) is 17.4. The smallest absolute Gasteiger partial charge is 0.326 e. The van der Waals surface area contributed by atoms with E-state index in [0.717, 1.165) is 54.1 Å². The molecule has 3 heterocycles. The van der Waals surface area contributed by atoms with Crippen molar-refractivity contribution in [3.8, 4) is 11.1 Å². The lowest BCUT2D eigenvalue weighted by Crippen LogP contribution is -2.45. The number of hydrogen-bond donors (Lipinski definition) is 2. The van der Waals surface area contributed by atoms with Crippen molar-refractivity contribution in [3.63, 3.8) is 0 Å². The molecule has 0 unspecified atom stereocenters. The SMILES string of the molecule is Cc1nn(C)c2ncc(C(=O)NC(=O)Nc3cccc(-c4ccccc4)c3)c(N3CCN(C)CC3)c12.Cl. The van der Waals surface area contributed by atoms with Crippen LogP contribution in [0.1, 0.15) is 16.1 Å². The molecule has 192 valence electrons. The van der Waals surface area contributed by atoms with Gasteiger partial charge in [0.15, 0.2) is 5.65 Å². The number of imide groups is 1. The Bertz CT molecular complexity index is 1430. The molecule has 1 aliphatic rings. The van der Waals surface area contributed by atoms with Gasteiger partial charge in [0.25, 0.3) is 5.91 Å². The minimum Gasteiger partial charge on any atom is -0.368 e. The van der Waals surface area contributed by atoms with Crippen LogP contribution in [0.4, 0.5) is 16.2 Å². The first-order valence-corrected chi connectivity index (χ1v) is 11.9. The molecule has 2 N–H and O–H groups in total. The molecule has 0 saturated carbocycles. The zero-order valence-electron chi connectivity index (χ0n) is 21.1. The van der Waals surface area contributed by atoms with Gasteiger partial charge in [0.2, 0.25) is 0 Å². The van der Waals surface area contributed by atoms with Gasteiger partial charge in [-0.3, -0.25) is 14.8 Å². The topological polar surface area (TPSA) is 95.4 Å². The summed E-state index contributed by atoms with van der Waals surface area (Å²) in [5.74, 6) is -0.502. The number of benzene rings is 2. The van der Waals surface area contributed by atoms with Crippen molar-refractivity contribution in [2.75, 3.05) is 43.4 Å².